The molecule has 0 atom stereocenters. The molecule has 0 aliphatic carbocycles. The molecule has 4 nitrogen and oxygen atoms in total. The number of benzene rings is 1. The Hall–Kier alpha value is -1.33. The first-order valence-electron chi connectivity index (χ1n) is 6.53. The van der Waals surface area contributed by atoms with Crippen LogP contribution in [0.5, 0.6) is 0 Å². The van der Waals surface area contributed by atoms with Crippen molar-refractivity contribution in [3.8, 4) is 0 Å². The monoisotopic (exact) mass is 262 g/mol. The highest BCUT2D eigenvalue weighted by molar-refractivity contribution is 6.63. The van der Waals surface area contributed by atoms with Crippen LogP contribution in [-0.2, 0) is 14.0 Å². The van der Waals surface area contributed by atoms with E-state index in [9.17, 15) is 4.79 Å². The van der Waals surface area contributed by atoms with Gasteiger partial charge in [-0.05, 0) is 38.7 Å². The summed E-state index contributed by atoms with van der Waals surface area (Å²) in [4.78, 5) is 12.2. The summed E-state index contributed by atoms with van der Waals surface area (Å²) in [7, 11) is -0.475. The molecular weight excluding hydrogens is 243 g/mol. The number of ether oxygens (including phenoxy) is 1. The zero-order valence-corrected chi connectivity index (χ0v) is 11.6. The van der Waals surface area contributed by atoms with Gasteiger partial charge in [0, 0.05) is 13.2 Å². The van der Waals surface area contributed by atoms with Gasteiger partial charge in [0.1, 0.15) is 5.60 Å². The first kappa shape index (κ1) is 14.1. The van der Waals surface area contributed by atoms with Gasteiger partial charge in [-0.2, -0.15) is 0 Å². The minimum absolute atomic E-state index is 0.346. The topological polar surface area (TPSA) is 44.8 Å². The number of rotatable bonds is 2. The molecule has 1 aromatic rings. The van der Waals surface area contributed by atoms with Gasteiger partial charge in [0.05, 0.1) is 5.56 Å². The van der Waals surface area contributed by atoms with E-state index in [0.717, 1.165) is 11.9 Å². The van der Waals surface area contributed by atoms with E-state index in [1.807, 2.05) is 39.0 Å². The van der Waals surface area contributed by atoms with Gasteiger partial charge >= 0.3 is 13.1 Å². The molecule has 2 rings (SSSR count). The Labute approximate surface area is 114 Å². The Balaban J connectivity index is 2.22. The van der Waals surface area contributed by atoms with E-state index in [1.165, 1.54) is 0 Å². The Morgan fingerprint density at radius 2 is 1.84 bits per heavy atom. The molecule has 1 aliphatic heterocycles. The van der Waals surface area contributed by atoms with Crippen LogP contribution in [0.1, 0.15) is 37.6 Å². The van der Waals surface area contributed by atoms with Gasteiger partial charge in [-0.3, -0.25) is 0 Å². The van der Waals surface area contributed by atoms with E-state index in [4.69, 9.17) is 14.0 Å². The highest BCUT2D eigenvalue weighted by atomic mass is 16.6. The van der Waals surface area contributed by atoms with Crippen molar-refractivity contribution >= 4 is 18.6 Å². The van der Waals surface area contributed by atoms with Crippen LogP contribution in [0.25, 0.3) is 0 Å². The lowest BCUT2D eigenvalue weighted by atomic mass is 9.75. The number of esters is 1. The SMILES string of the molecule is CC(C)(C)OC(=O)c1ccccc1B1OCCCO1. The zero-order valence-electron chi connectivity index (χ0n) is 11.6. The summed E-state index contributed by atoms with van der Waals surface area (Å²) in [5.74, 6) is -0.346. The summed E-state index contributed by atoms with van der Waals surface area (Å²) in [5.41, 5.74) is 0.721. The van der Waals surface area contributed by atoms with Crippen molar-refractivity contribution in [2.24, 2.45) is 0 Å². The summed E-state index contributed by atoms with van der Waals surface area (Å²) in [6.45, 7) is 6.84. The van der Waals surface area contributed by atoms with Gasteiger partial charge in [-0.15, -0.1) is 0 Å². The molecular formula is C14H19BO4. The molecule has 0 amide bonds. The van der Waals surface area contributed by atoms with Crippen molar-refractivity contribution in [1.82, 2.24) is 0 Å². The molecule has 0 spiro atoms. The average molecular weight is 262 g/mol. The van der Waals surface area contributed by atoms with Crippen LogP contribution in [-0.4, -0.2) is 31.9 Å². The van der Waals surface area contributed by atoms with E-state index in [2.05, 4.69) is 0 Å². The molecule has 0 N–H and O–H groups in total. The third-order valence-corrected chi connectivity index (χ3v) is 2.66. The predicted molar refractivity (Wildman–Crippen MR) is 73.5 cm³/mol. The summed E-state index contributed by atoms with van der Waals surface area (Å²) >= 11 is 0. The molecule has 0 unspecified atom stereocenters. The van der Waals surface area contributed by atoms with Crippen molar-refractivity contribution in [1.29, 1.82) is 0 Å². The number of hydrogen-bond donors (Lipinski definition) is 0. The van der Waals surface area contributed by atoms with Crippen LogP contribution in [0.15, 0.2) is 24.3 Å². The average Bonchev–Trinajstić information content (AvgIpc) is 2.38. The van der Waals surface area contributed by atoms with E-state index in [0.29, 0.717) is 18.8 Å². The summed E-state index contributed by atoms with van der Waals surface area (Å²) in [6.07, 6.45) is 0.880. The second kappa shape index (κ2) is 5.76. The Bertz CT molecular complexity index is 447. The Morgan fingerprint density at radius 3 is 2.47 bits per heavy atom. The lowest BCUT2D eigenvalue weighted by Crippen LogP contribution is -2.44. The molecule has 19 heavy (non-hydrogen) atoms. The zero-order chi connectivity index (χ0) is 13.9. The predicted octanol–water partition coefficient (Wildman–Crippen LogP) is 1.77. The van der Waals surface area contributed by atoms with E-state index in [1.54, 1.807) is 6.07 Å². The maximum Gasteiger partial charge on any atom is 0.494 e. The van der Waals surface area contributed by atoms with Gasteiger partial charge in [-0.25, -0.2) is 4.79 Å². The third-order valence-electron chi connectivity index (χ3n) is 2.66. The lowest BCUT2D eigenvalue weighted by Gasteiger charge is -2.23. The van der Waals surface area contributed by atoms with Gasteiger partial charge in [0.25, 0.3) is 0 Å². The van der Waals surface area contributed by atoms with E-state index < -0.39 is 12.7 Å². The van der Waals surface area contributed by atoms with Crippen LogP contribution in [0.3, 0.4) is 0 Å². The fourth-order valence-electron chi connectivity index (χ4n) is 1.89. The van der Waals surface area contributed by atoms with Crippen LogP contribution in [0.4, 0.5) is 0 Å². The summed E-state index contributed by atoms with van der Waals surface area (Å²) in [6, 6.07) is 7.26. The first-order valence-corrected chi connectivity index (χ1v) is 6.53. The largest absolute Gasteiger partial charge is 0.494 e. The molecule has 0 aromatic heterocycles. The normalized spacial score (nSPS) is 16.3. The van der Waals surface area contributed by atoms with Gasteiger partial charge < -0.3 is 14.0 Å². The van der Waals surface area contributed by atoms with Crippen molar-refractivity contribution in [2.75, 3.05) is 13.2 Å². The van der Waals surface area contributed by atoms with Crippen molar-refractivity contribution in [2.45, 2.75) is 32.8 Å². The minimum atomic E-state index is -0.515. The molecule has 1 aromatic carbocycles. The summed E-state index contributed by atoms with van der Waals surface area (Å²) in [5, 5.41) is 0. The third kappa shape index (κ3) is 3.82. The highest BCUT2D eigenvalue weighted by Crippen LogP contribution is 2.12. The maximum atomic E-state index is 12.2. The number of hydrogen-bond acceptors (Lipinski definition) is 4. The molecule has 0 radical (unpaired) electrons. The quantitative estimate of drug-likeness (QED) is 0.602. The summed E-state index contributed by atoms with van der Waals surface area (Å²) < 4.78 is 16.5. The van der Waals surface area contributed by atoms with E-state index >= 15 is 0 Å². The van der Waals surface area contributed by atoms with E-state index in [-0.39, 0.29) is 5.97 Å². The molecule has 102 valence electrons. The fraction of sp³-hybridized carbons (Fsp3) is 0.500. The molecule has 1 saturated heterocycles. The van der Waals surface area contributed by atoms with Crippen LogP contribution < -0.4 is 5.46 Å². The van der Waals surface area contributed by atoms with Crippen LogP contribution in [0, 0.1) is 0 Å². The van der Waals surface area contributed by atoms with Crippen LogP contribution >= 0.6 is 0 Å². The molecule has 5 heteroatoms. The van der Waals surface area contributed by atoms with Crippen molar-refractivity contribution in [3.05, 3.63) is 29.8 Å². The number of carbonyl (C=O) groups is 1. The van der Waals surface area contributed by atoms with Gasteiger partial charge in [0.2, 0.25) is 0 Å². The standard InChI is InChI=1S/C14H19BO4/c1-14(2,3)19-13(16)11-7-4-5-8-12(11)15-17-9-6-10-18-15/h4-5,7-8H,6,9-10H2,1-3H3. The maximum absolute atomic E-state index is 12.2. The molecule has 1 fully saturated rings. The van der Waals surface area contributed by atoms with Crippen LogP contribution in [0.2, 0.25) is 0 Å². The first-order chi connectivity index (χ1) is 8.97. The second-order valence-electron chi connectivity index (χ2n) is 5.52. The molecule has 1 heterocycles. The Morgan fingerprint density at radius 1 is 1.21 bits per heavy atom. The molecule has 1 aliphatic rings. The molecule has 0 bridgehead atoms. The lowest BCUT2D eigenvalue weighted by molar-refractivity contribution is 0.00700. The Kier molecular flexibility index (Phi) is 4.27. The fourth-order valence-corrected chi connectivity index (χ4v) is 1.89. The molecule has 0 saturated carbocycles. The highest BCUT2D eigenvalue weighted by Gasteiger charge is 2.30. The minimum Gasteiger partial charge on any atom is -0.456 e. The van der Waals surface area contributed by atoms with Crippen molar-refractivity contribution in [3.63, 3.8) is 0 Å². The number of carbonyl (C=O) groups excluding carboxylic acids is 1. The smallest absolute Gasteiger partial charge is 0.456 e. The van der Waals surface area contributed by atoms with Crippen molar-refractivity contribution < 1.29 is 18.8 Å². The van der Waals surface area contributed by atoms with Gasteiger partial charge in [-0.1, -0.05) is 18.2 Å². The van der Waals surface area contributed by atoms with Gasteiger partial charge in [0.15, 0.2) is 0 Å². The second-order valence-corrected chi connectivity index (χ2v) is 5.52.